The summed E-state index contributed by atoms with van der Waals surface area (Å²) < 4.78 is 41.9. The van der Waals surface area contributed by atoms with E-state index in [1.54, 1.807) is 6.92 Å². The van der Waals surface area contributed by atoms with Crippen LogP contribution in [-0.4, -0.2) is 19.6 Å². The molecule has 0 heterocycles. The smallest absolute Gasteiger partial charge is 0.416 e. The first-order valence-corrected chi connectivity index (χ1v) is 4.93. The Hall–Kier alpha value is -1.72. The van der Waals surface area contributed by atoms with Gasteiger partial charge < -0.3 is 10.1 Å². The minimum absolute atomic E-state index is 0.121. The molecular formula is C11H12F3NO2. The van der Waals surface area contributed by atoms with E-state index in [0.717, 1.165) is 19.2 Å². The maximum absolute atomic E-state index is 12.5. The molecule has 1 rings (SSSR count). The average molecular weight is 247 g/mol. The van der Waals surface area contributed by atoms with Crippen LogP contribution in [0.2, 0.25) is 0 Å². The lowest BCUT2D eigenvalue weighted by Gasteiger charge is -2.12. The Kier molecular flexibility index (Phi) is 3.98. The van der Waals surface area contributed by atoms with Crippen molar-refractivity contribution in [2.45, 2.75) is 13.1 Å². The molecule has 0 atom stereocenters. The van der Waals surface area contributed by atoms with Crippen LogP contribution in [0.5, 0.6) is 0 Å². The molecule has 17 heavy (non-hydrogen) atoms. The highest BCUT2D eigenvalue weighted by Crippen LogP contribution is 2.32. The van der Waals surface area contributed by atoms with Crippen molar-refractivity contribution in [1.29, 1.82) is 0 Å². The fourth-order valence-electron chi connectivity index (χ4n) is 1.34. The molecule has 94 valence electrons. The van der Waals surface area contributed by atoms with Crippen LogP contribution in [0, 0.1) is 0 Å². The summed E-state index contributed by atoms with van der Waals surface area (Å²) in [6, 6.07) is 2.92. The third kappa shape index (κ3) is 3.12. The van der Waals surface area contributed by atoms with E-state index in [0.29, 0.717) is 12.2 Å². The van der Waals surface area contributed by atoms with Gasteiger partial charge in [0.15, 0.2) is 0 Å². The molecule has 0 spiro atoms. The van der Waals surface area contributed by atoms with Crippen molar-refractivity contribution in [2.24, 2.45) is 0 Å². The van der Waals surface area contributed by atoms with Gasteiger partial charge in [-0.1, -0.05) is 0 Å². The summed E-state index contributed by atoms with van der Waals surface area (Å²) >= 11 is 0. The van der Waals surface area contributed by atoms with Gasteiger partial charge in [0.05, 0.1) is 18.2 Å². The normalized spacial score (nSPS) is 11.1. The zero-order chi connectivity index (χ0) is 13.1. The van der Waals surface area contributed by atoms with Crippen LogP contribution in [0.1, 0.15) is 22.8 Å². The van der Waals surface area contributed by atoms with Gasteiger partial charge >= 0.3 is 12.1 Å². The van der Waals surface area contributed by atoms with Crippen LogP contribution in [-0.2, 0) is 10.9 Å². The Morgan fingerprint density at radius 1 is 1.41 bits per heavy atom. The number of alkyl halides is 3. The molecule has 0 aliphatic rings. The summed E-state index contributed by atoms with van der Waals surface area (Å²) in [6.45, 7) is 2.27. The van der Waals surface area contributed by atoms with Crippen molar-refractivity contribution in [1.82, 2.24) is 0 Å². The van der Waals surface area contributed by atoms with Crippen LogP contribution < -0.4 is 5.32 Å². The second-order valence-corrected chi connectivity index (χ2v) is 3.28. The molecule has 0 saturated carbocycles. The lowest BCUT2D eigenvalue weighted by atomic mass is 10.1. The Morgan fingerprint density at radius 3 is 2.53 bits per heavy atom. The standard InChI is InChI=1S/C11H12F3NO2/c1-3-15-9-5-4-7(11(12,13)14)6-8(9)10(16)17-2/h4-6,15H,3H2,1-2H3. The first-order chi connectivity index (χ1) is 7.90. The van der Waals surface area contributed by atoms with Crippen LogP contribution in [0.3, 0.4) is 0 Å². The molecule has 0 fully saturated rings. The van der Waals surface area contributed by atoms with Gasteiger partial charge in [0, 0.05) is 12.2 Å². The zero-order valence-corrected chi connectivity index (χ0v) is 9.39. The number of rotatable bonds is 3. The Morgan fingerprint density at radius 2 is 2.06 bits per heavy atom. The van der Waals surface area contributed by atoms with E-state index >= 15 is 0 Å². The number of hydrogen-bond donors (Lipinski definition) is 1. The van der Waals surface area contributed by atoms with Crippen molar-refractivity contribution in [3.63, 3.8) is 0 Å². The lowest BCUT2D eigenvalue weighted by molar-refractivity contribution is -0.137. The first-order valence-electron chi connectivity index (χ1n) is 4.93. The maximum Gasteiger partial charge on any atom is 0.416 e. The minimum Gasteiger partial charge on any atom is -0.465 e. The van der Waals surface area contributed by atoms with Gasteiger partial charge in [-0.2, -0.15) is 13.2 Å². The first kappa shape index (κ1) is 13.3. The molecular weight excluding hydrogens is 235 g/mol. The lowest BCUT2D eigenvalue weighted by Crippen LogP contribution is -2.12. The van der Waals surface area contributed by atoms with Gasteiger partial charge in [-0.15, -0.1) is 0 Å². The number of benzene rings is 1. The second-order valence-electron chi connectivity index (χ2n) is 3.28. The van der Waals surface area contributed by atoms with Crippen LogP contribution in [0.15, 0.2) is 18.2 Å². The molecule has 6 heteroatoms. The Balaban J connectivity index is 3.24. The van der Waals surface area contributed by atoms with E-state index in [9.17, 15) is 18.0 Å². The number of carbonyl (C=O) groups is 1. The number of carbonyl (C=O) groups excluding carboxylic acids is 1. The highest BCUT2D eigenvalue weighted by atomic mass is 19.4. The predicted octanol–water partition coefficient (Wildman–Crippen LogP) is 2.92. The third-order valence-corrected chi connectivity index (χ3v) is 2.12. The van der Waals surface area contributed by atoms with E-state index in [1.807, 2.05) is 0 Å². The second kappa shape index (κ2) is 5.07. The van der Waals surface area contributed by atoms with Crippen LogP contribution in [0.4, 0.5) is 18.9 Å². The number of halogens is 3. The third-order valence-electron chi connectivity index (χ3n) is 2.12. The highest BCUT2D eigenvalue weighted by molar-refractivity contribution is 5.95. The molecule has 0 radical (unpaired) electrons. The average Bonchev–Trinajstić information content (AvgIpc) is 2.27. The van der Waals surface area contributed by atoms with Crippen molar-refractivity contribution >= 4 is 11.7 Å². The number of methoxy groups -OCH3 is 1. The molecule has 0 bridgehead atoms. The van der Waals surface area contributed by atoms with Gasteiger partial charge in [0.1, 0.15) is 0 Å². The van der Waals surface area contributed by atoms with Gasteiger partial charge in [0.2, 0.25) is 0 Å². The predicted molar refractivity (Wildman–Crippen MR) is 56.9 cm³/mol. The fraction of sp³-hybridized carbons (Fsp3) is 0.364. The molecule has 1 aromatic carbocycles. The van der Waals surface area contributed by atoms with Crippen LogP contribution in [0.25, 0.3) is 0 Å². The highest BCUT2D eigenvalue weighted by Gasteiger charge is 2.31. The van der Waals surface area contributed by atoms with Gasteiger partial charge in [-0.05, 0) is 25.1 Å². The Labute approximate surface area is 96.6 Å². The van der Waals surface area contributed by atoms with Gasteiger partial charge in [-0.25, -0.2) is 4.79 Å². The van der Waals surface area contributed by atoms with Crippen molar-refractivity contribution < 1.29 is 22.7 Å². The van der Waals surface area contributed by atoms with Gasteiger partial charge in [-0.3, -0.25) is 0 Å². The van der Waals surface area contributed by atoms with Crippen molar-refractivity contribution in [2.75, 3.05) is 19.0 Å². The topological polar surface area (TPSA) is 38.3 Å². The van der Waals surface area contributed by atoms with Gasteiger partial charge in [0.25, 0.3) is 0 Å². The SMILES string of the molecule is CCNc1ccc(C(F)(F)F)cc1C(=O)OC. The summed E-state index contributed by atoms with van der Waals surface area (Å²) in [5.41, 5.74) is -0.670. The largest absolute Gasteiger partial charge is 0.465 e. The molecule has 1 N–H and O–H groups in total. The molecule has 0 unspecified atom stereocenters. The minimum atomic E-state index is -4.48. The number of esters is 1. The summed E-state index contributed by atoms with van der Waals surface area (Å²) in [4.78, 5) is 11.4. The van der Waals surface area contributed by atoms with E-state index in [-0.39, 0.29) is 5.56 Å². The van der Waals surface area contributed by atoms with E-state index in [1.165, 1.54) is 6.07 Å². The van der Waals surface area contributed by atoms with Crippen molar-refractivity contribution in [3.05, 3.63) is 29.3 Å². The maximum atomic E-state index is 12.5. The summed E-state index contributed by atoms with van der Waals surface area (Å²) in [5.74, 6) is -0.799. The molecule has 1 aromatic rings. The number of hydrogen-bond acceptors (Lipinski definition) is 3. The molecule has 0 amide bonds. The molecule has 0 aliphatic heterocycles. The van der Waals surface area contributed by atoms with E-state index in [4.69, 9.17) is 0 Å². The number of nitrogens with one attached hydrogen (secondary N) is 1. The van der Waals surface area contributed by atoms with Crippen molar-refractivity contribution in [3.8, 4) is 0 Å². The van der Waals surface area contributed by atoms with E-state index in [2.05, 4.69) is 10.1 Å². The van der Waals surface area contributed by atoms with E-state index < -0.39 is 17.7 Å². The summed E-state index contributed by atoms with van der Waals surface area (Å²) in [6.07, 6.45) is -4.48. The molecule has 0 saturated heterocycles. The van der Waals surface area contributed by atoms with Crippen LogP contribution >= 0.6 is 0 Å². The monoisotopic (exact) mass is 247 g/mol. The summed E-state index contributed by atoms with van der Waals surface area (Å²) in [7, 11) is 1.12. The number of ether oxygens (including phenoxy) is 1. The zero-order valence-electron chi connectivity index (χ0n) is 9.39. The molecule has 3 nitrogen and oxygen atoms in total. The summed E-state index contributed by atoms with van der Waals surface area (Å²) in [5, 5.41) is 2.80. The molecule has 0 aliphatic carbocycles. The quantitative estimate of drug-likeness (QED) is 0.834. The Bertz CT molecular complexity index is 416. The fourth-order valence-corrected chi connectivity index (χ4v) is 1.34. The number of anilines is 1. The molecule has 0 aromatic heterocycles.